The van der Waals surface area contributed by atoms with Gasteiger partial charge in [-0.15, -0.1) is 0 Å². The number of carboxylic acids is 1. The molecule has 0 aromatic carbocycles. The van der Waals surface area contributed by atoms with Gasteiger partial charge in [0.2, 0.25) is 0 Å². The number of aromatic carboxylic acids is 1. The van der Waals surface area contributed by atoms with E-state index < -0.39 is 11.5 Å². The fourth-order valence-electron chi connectivity index (χ4n) is 2.54. The maximum atomic E-state index is 11.7. The number of fused-ring (bicyclic) bond motifs is 1. The van der Waals surface area contributed by atoms with Gasteiger partial charge in [-0.05, 0) is 13.1 Å². The van der Waals surface area contributed by atoms with Crippen LogP contribution < -0.4 is 10.3 Å². The zero-order valence-electron chi connectivity index (χ0n) is 13.4. The molecule has 0 spiro atoms. The number of hydrogen-bond donors (Lipinski definition) is 2. The molecular formula is C15H19N5O4. The second-order valence-corrected chi connectivity index (χ2v) is 5.77. The molecule has 1 fully saturated rings. The van der Waals surface area contributed by atoms with Gasteiger partial charge in [-0.25, -0.2) is 9.78 Å². The Kier molecular flexibility index (Phi) is 4.72. The molecule has 1 aliphatic heterocycles. The summed E-state index contributed by atoms with van der Waals surface area (Å²) in [5.74, 6) is -1.29. The Morgan fingerprint density at radius 1 is 1.38 bits per heavy atom. The maximum Gasteiger partial charge on any atom is 0.341 e. The number of hydrogen-bond acceptors (Lipinski definition) is 7. The number of nitrogens with zero attached hydrogens (tertiary/aromatic N) is 4. The van der Waals surface area contributed by atoms with Crippen LogP contribution in [0.2, 0.25) is 0 Å². The highest BCUT2D eigenvalue weighted by molar-refractivity contribution is 5.91. The molecule has 0 bridgehead atoms. The highest BCUT2D eigenvalue weighted by Gasteiger charge is 2.14. The number of aromatic amines is 1. The Balaban J connectivity index is 1.64. The zero-order valence-corrected chi connectivity index (χ0v) is 13.4. The first-order chi connectivity index (χ1) is 11.5. The van der Waals surface area contributed by atoms with Crippen molar-refractivity contribution in [2.75, 3.05) is 46.4 Å². The molecule has 2 N–H and O–H groups in total. The van der Waals surface area contributed by atoms with E-state index >= 15 is 0 Å². The van der Waals surface area contributed by atoms with Crippen LogP contribution >= 0.6 is 0 Å². The molecule has 3 heterocycles. The summed E-state index contributed by atoms with van der Waals surface area (Å²) in [4.78, 5) is 37.8. The van der Waals surface area contributed by atoms with Crippen LogP contribution in [0.25, 0.3) is 11.0 Å². The molecule has 0 atom stereocenters. The van der Waals surface area contributed by atoms with E-state index in [-0.39, 0.29) is 17.2 Å². The lowest BCUT2D eigenvalue weighted by Gasteiger charge is -2.31. The van der Waals surface area contributed by atoms with Crippen molar-refractivity contribution >= 4 is 17.0 Å². The van der Waals surface area contributed by atoms with Crippen molar-refractivity contribution in [1.82, 2.24) is 24.8 Å². The SMILES string of the molecule is CN1CCN(CCOc2ncc3cc(C(=O)O)c(=O)[nH]c3n2)CC1. The number of pyridine rings is 1. The average Bonchev–Trinajstić information content (AvgIpc) is 2.55. The number of likely N-dealkylation sites (N-methyl/N-ethyl adjacent to an activating group) is 1. The molecule has 9 heteroatoms. The molecule has 2 aromatic heterocycles. The van der Waals surface area contributed by atoms with Gasteiger partial charge in [0.25, 0.3) is 5.56 Å². The largest absolute Gasteiger partial charge is 0.477 e. The number of H-pyrrole nitrogens is 1. The zero-order chi connectivity index (χ0) is 17.1. The predicted molar refractivity (Wildman–Crippen MR) is 86.6 cm³/mol. The van der Waals surface area contributed by atoms with Gasteiger partial charge in [0.1, 0.15) is 17.8 Å². The summed E-state index contributed by atoms with van der Waals surface area (Å²) in [5, 5.41) is 9.39. The third kappa shape index (κ3) is 3.69. The van der Waals surface area contributed by atoms with Crippen LogP contribution in [-0.2, 0) is 0 Å². The van der Waals surface area contributed by atoms with Gasteiger partial charge in [0, 0.05) is 44.3 Å². The molecule has 0 unspecified atom stereocenters. The molecule has 9 nitrogen and oxygen atoms in total. The number of carboxylic acid groups (broad SMARTS) is 1. The Labute approximate surface area is 137 Å². The van der Waals surface area contributed by atoms with Crippen LogP contribution in [0.3, 0.4) is 0 Å². The summed E-state index contributed by atoms with van der Waals surface area (Å²) in [5.41, 5.74) is -0.776. The molecule has 3 rings (SSSR count). The third-order valence-electron chi connectivity index (χ3n) is 4.04. The molecule has 1 aliphatic rings. The van der Waals surface area contributed by atoms with E-state index in [1.165, 1.54) is 12.3 Å². The maximum absolute atomic E-state index is 11.7. The first-order valence-electron chi connectivity index (χ1n) is 7.70. The minimum atomic E-state index is -1.29. The fourth-order valence-corrected chi connectivity index (χ4v) is 2.54. The highest BCUT2D eigenvalue weighted by Crippen LogP contribution is 2.11. The molecule has 1 saturated heterocycles. The molecule has 0 saturated carbocycles. The normalized spacial score (nSPS) is 16.4. The lowest BCUT2D eigenvalue weighted by molar-refractivity contribution is 0.0695. The number of aromatic nitrogens is 3. The van der Waals surface area contributed by atoms with Gasteiger partial charge in [0.15, 0.2) is 0 Å². The quantitative estimate of drug-likeness (QED) is 0.763. The summed E-state index contributed by atoms with van der Waals surface area (Å²) >= 11 is 0. The Hall–Kier alpha value is -2.52. The van der Waals surface area contributed by atoms with E-state index in [9.17, 15) is 9.59 Å². The van der Waals surface area contributed by atoms with E-state index in [2.05, 4.69) is 31.8 Å². The molecule has 2 aromatic rings. The van der Waals surface area contributed by atoms with Crippen molar-refractivity contribution in [1.29, 1.82) is 0 Å². The van der Waals surface area contributed by atoms with Crippen molar-refractivity contribution in [3.8, 4) is 6.01 Å². The topological polar surface area (TPSA) is 112 Å². The standard InChI is InChI=1S/C15H19N5O4/c1-19-2-4-20(5-3-19)6-7-24-15-16-9-10-8-11(14(22)23)13(21)17-12(10)18-15/h8-9H,2-7H2,1H3,(H,22,23)(H,16,17,18,21). The third-order valence-corrected chi connectivity index (χ3v) is 4.04. The van der Waals surface area contributed by atoms with Crippen LogP contribution in [0.1, 0.15) is 10.4 Å². The van der Waals surface area contributed by atoms with Crippen LogP contribution in [0.5, 0.6) is 6.01 Å². The summed E-state index contributed by atoms with van der Waals surface area (Å²) < 4.78 is 5.55. The number of nitrogens with one attached hydrogen (secondary N) is 1. The smallest absolute Gasteiger partial charge is 0.341 e. The van der Waals surface area contributed by atoms with Crippen molar-refractivity contribution in [2.45, 2.75) is 0 Å². The molecule has 0 radical (unpaired) electrons. The Morgan fingerprint density at radius 3 is 2.83 bits per heavy atom. The second kappa shape index (κ2) is 6.93. The number of ether oxygens (including phenoxy) is 1. The second-order valence-electron chi connectivity index (χ2n) is 5.77. The molecule has 0 amide bonds. The summed E-state index contributed by atoms with van der Waals surface area (Å²) in [6.45, 7) is 5.32. The van der Waals surface area contributed by atoms with Crippen LogP contribution in [0.4, 0.5) is 0 Å². The summed E-state index contributed by atoms with van der Waals surface area (Å²) in [6, 6.07) is 1.42. The van der Waals surface area contributed by atoms with Crippen LogP contribution in [-0.4, -0.2) is 82.2 Å². The lowest BCUT2D eigenvalue weighted by Crippen LogP contribution is -2.45. The molecular weight excluding hydrogens is 314 g/mol. The molecule has 24 heavy (non-hydrogen) atoms. The summed E-state index contributed by atoms with van der Waals surface area (Å²) in [7, 11) is 2.10. The van der Waals surface area contributed by atoms with E-state index in [0.29, 0.717) is 12.0 Å². The van der Waals surface area contributed by atoms with Crippen LogP contribution in [0, 0.1) is 0 Å². The van der Waals surface area contributed by atoms with Crippen molar-refractivity contribution in [3.63, 3.8) is 0 Å². The Morgan fingerprint density at radius 2 is 2.12 bits per heavy atom. The number of piperazine rings is 1. The lowest BCUT2D eigenvalue weighted by atomic mass is 10.2. The van der Waals surface area contributed by atoms with Gasteiger partial charge in [0.05, 0.1) is 0 Å². The van der Waals surface area contributed by atoms with Crippen molar-refractivity contribution < 1.29 is 14.6 Å². The van der Waals surface area contributed by atoms with E-state index in [1.807, 2.05) is 0 Å². The molecule has 0 aliphatic carbocycles. The monoisotopic (exact) mass is 333 g/mol. The average molecular weight is 333 g/mol. The Bertz CT molecular complexity index is 798. The van der Waals surface area contributed by atoms with Gasteiger partial charge >= 0.3 is 12.0 Å². The van der Waals surface area contributed by atoms with Gasteiger partial charge in [-0.1, -0.05) is 0 Å². The minimum absolute atomic E-state index is 0.162. The van der Waals surface area contributed by atoms with Crippen molar-refractivity contribution in [3.05, 3.63) is 28.2 Å². The van der Waals surface area contributed by atoms with E-state index in [0.717, 1.165) is 32.7 Å². The fraction of sp³-hybridized carbons (Fsp3) is 0.467. The molecule has 128 valence electrons. The van der Waals surface area contributed by atoms with Gasteiger partial charge in [-0.3, -0.25) is 9.69 Å². The van der Waals surface area contributed by atoms with Gasteiger partial charge in [-0.2, -0.15) is 4.98 Å². The predicted octanol–water partition coefficient (Wildman–Crippen LogP) is -0.357. The number of carbonyl (C=O) groups is 1. The first kappa shape index (κ1) is 16.3. The number of rotatable bonds is 5. The summed E-state index contributed by atoms with van der Waals surface area (Å²) in [6.07, 6.45) is 1.44. The van der Waals surface area contributed by atoms with Gasteiger partial charge < -0.3 is 19.7 Å². The minimum Gasteiger partial charge on any atom is -0.477 e. The first-order valence-corrected chi connectivity index (χ1v) is 7.70. The van der Waals surface area contributed by atoms with Crippen molar-refractivity contribution in [2.24, 2.45) is 0 Å². The van der Waals surface area contributed by atoms with E-state index in [4.69, 9.17) is 9.84 Å². The van der Waals surface area contributed by atoms with E-state index in [1.54, 1.807) is 0 Å². The highest BCUT2D eigenvalue weighted by atomic mass is 16.5. The van der Waals surface area contributed by atoms with Crippen LogP contribution in [0.15, 0.2) is 17.1 Å².